The van der Waals surface area contributed by atoms with Crippen molar-refractivity contribution in [2.24, 2.45) is 0 Å². The molecule has 0 fully saturated rings. The van der Waals surface area contributed by atoms with Gasteiger partial charge in [-0.1, -0.05) is 44.8 Å². The molecule has 1 aromatic heterocycles. The molecule has 0 atom stereocenters. The number of halogens is 3. The number of benzene rings is 2. The van der Waals surface area contributed by atoms with E-state index in [9.17, 15) is 9.50 Å². The second kappa shape index (κ2) is 6.20. The van der Waals surface area contributed by atoms with Crippen molar-refractivity contribution in [3.63, 3.8) is 0 Å². The van der Waals surface area contributed by atoms with Crippen LogP contribution in [0.25, 0.3) is 22.6 Å². The molecular weight excluding hydrogens is 373 g/mol. The topological polar surface area (TPSA) is 46.3 Å². The molecule has 112 valence electrons. The summed E-state index contributed by atoms with van der Waals surface area (Å²) >= 11 is 9.48. The number of rotatable bonds is 3. The van der Waals surface area contributed by atoms with E-state index < -0.39 is 5.82 Å². The summed E-state index contributed by atoms with van der Waals surface area (Å²) in [5, 5.41) is 14.0. The summed E-state index contributed by atoms with van der Waals surface area (Å²) in [5.41, 5.74) is 2.10. The number of hydrogen-bond donors (Lipinski definition) is 1. The van der Waals surface area contributed by atoms with Gasteiger partial charge in [-0.25, -0.2) is 4.39 Å². The zero-order chi connectivity index (χ0) is 15.7. The quantitative estimate of drug-likeness (QED) is 0.689. The zero-order valence-electron chi connectivity index (χ0n) is 11.2. The van der Waals surface area contributed by atoms with Crippen LogP contribution < -0.4 is 0 Å². The third-order valence-corrected chi connectivity index (χ3v) is 4.04. The van der Waals surface area contributed by atoms with E-state index in [4.69, 9.17) is 16.1 Å². The van der Waals surface area contributed by atoms with Gasteiger partial charge in [0, 0.05) is 15.6 Å². The fourth-order valence-electron chi connectivity index (χ4n) is 2.20. The Balaban J connectivity index is 2.17. The average molecular weight is 383 g/mol. The molecule has 0 spiro atoms. The highest BCUT2D eigenvalue weighted by atomic mass is 79.9. The molecule has 3 aromatic rings. The van der Waals surface area contributed by atoms with E-state index in [1.165, 1.54) is 18.2 Å². The Hall–Kier alpha value is -1.69. The Bertz CT molecular complexity index is 835. The molecule has 0 aliphatic rings. The second-order valence-corrected chi connectivity index (χ2v) is 5.95. The molecule has 2 aromatic carbocycles. The smallest absolute Gasteiger partial charge is 0.174 e. The molecule has 0 saturated heterocycles. The lowest BCUT2D eigenvalue weighted by molar-refractivity contribution is 0.281. The first-order valence-electron chi connectivity index (χ1n) is 6.41. The van der Waals surface area contributed by atoms with Crippen molar-refractivity contribution in [3.8, 4) is 22.6 Å². The van der Waals surface area contributed by atoms with Crippen LogP contribution in [0, 0.1) is 5.82 Å². The summed E-state index contributed by atoms with van der Waals surface area (Å²) in [6.45, 7) is -0.298. The van der Waals surface area contributed by atoms with Gasteiger partial charge in [-0.05, 0) is 30.3 Å². The van der Waals surface area contributed by atoms with Crippen LogP contribution in [0.3, 0.4) is 0 Å². The van der Waals surface area contributed by atoms with E-state index in [1.807, 2.05) is 24.3 Å². The molecule has 3 rings (SSSR count). The molecule has 1 heterocycles. The standard InChI is InChI=1S/C16H10BrClFNO2/c17-10-3-1-2-9(6-10)15-13(8-21)16(22-20-15)12-7-11(19)4-5-14(12)18/h1-7,21H,8H2. The van der Waals surface area contributed by atoms with Crippen LogP contribution >= 0.6 is 27.5 Å². The van der Waals surface area contributed by atoms with Crippen molar-refractivity contribution >= 4 is 27.5 Å². The Labute approximate surface area is 139 Å². The molecule has 22 heavy (non-hydrogen) atoms. The maximum absolute atomic E-state index is 13.5. The van der Waals surface area contributed by atoms with Crippen molar-refractivity contribution in [2.45, 2.75) is 6.61 Å². The fraction of sp³-hybridized carbons (Fsp3) is 0.0625. The van der Waals surface area contributed by atoms with Gasteiger partial charge in [-0.15, -0.1) is 0 Å². The third-order valence-electron chi connectivity index (χ3n) is 3.22. The first kappa shape index (κ1) is 15.2. The van der Waals surface area contributed by atoms with Crippen LogP contribution in [0.4, 0.5) is 4.39 Å². The third kappa shape index (κ3) is 2.79. The van der Waals surface area contributed by atoms with Crippen molar-refractivity contribution in [2.75, 3.05) is 0 Å². The summed E-state index contributed by atoms with van der Waals surface area (Å²) in [5.74, 6) is -0.175. The highest BCUT2D eigenvalue weighted by Crippen LogP contribution is 2.36. The normalized spacial score (nSPS) is 10.9. The zero-order valence-corrected chi connectivity index (χ0v) is 13.5. The van der Waals surface area contributed by atoms with Gasteiger partial charge >= 0.3 is 0 Å². The first-order chi connectivity index (χ1) is 10.6. The van der Waals surface area contributed by atoms with Gasteiger partial charge in [-0.2, -0.15) is 0 Å². The maximum atomic E-state index is 13.5. The number of aliphatic hydroxyl groups excluding tert-OH is 1. The molecule has 0 aliphatic carbocycles. The monoisotopic (exact) mass is 381 g/mol. The molecule has 0 bridgehead atoms. The van der Waals surface area contributed by atoms with Gasteiger partial charge in [0.2, 0.25) is 0 Å². The van der Waals surface area contributed by atoms with E-state index in [-0.39, 0.29) is 12.4 Å². The lowest BCUT2D eigenvalue weighted by Gasteiger charge is -2.04. The molecule has 0 aliphatic heterocycles. The van der Waals surface area contributed by atoms with E-state index >= 15 is 0 Å². The Morgan fingerprint density at radius 1 is 1.23 bits per heavy atom. The van der Waals surface area contributed by atoms with E-state index in [2.05, 4.69) is 21.1 Å². The first-order valence-corrected chi connectivity index (χ1v) is 7.58. The van der Waals surface area contributed by atoms with Gasteiger partial charge in [0.1, 0.15) is 11.5 Å². The summed E-state index contributed by atoms with van der Waals surface area (Å²) in [7, 11) is 0. The van der Waals surface area contributed by atoms with Crippen molar-refractivity contribution in [3.05, 3.63) is 63.3 Å². The van der Waals surface area contributed by atoms with Crippen LogP contribution in [-0.4, -0.2) is 10.3 Å². The molecule has 0 radical (unpaired) electrons. The number of aromatic nitrogens is 1. The number of hydrogen-bond acceptors (Lipinski definition) is 3. The van der Waals surface area contributed by atoms with E-state index in [1.54, 1.807) is 0 Å². The molecule has 3 nitrogen and oxygen atoms in total. The van der Waals surface area contributed by atoms with Crippen LogP contribution in [0.1, 0.15) is 5.56 Å². The lowest BCUT2D eigenvalue weighted by atomic mass is 10.0. The van der Waals surface area contributed by atoms with Gasteiger partial charge in [0.25, 0.3) is 0 Å². The summed E-state index contributed by atoms with van der Waals surface area (Å²) in [6.07, 6.45) is 0. The Morgan fingerprint density at radius 3 is 2.77 bits per heavy atom. The largest absolute Gasteiger partial charge is 0.391 e. The molecule has 0 saturated carbocycles. The maximum Gasteiger partial charge on any atom is 0.174 e. The molecule has 0 amide bonds. The summed E-state index contributed by atoms with van der Waals surface area (Å²) < 4.78 is 19.7. The lowest BCUT2D eigenvalue weighted by Crippen LogP contribution is -1.90. The molecule has 1 N–H and O–H groups in total. The predicted octanol–water partition coefficient (Wildman–Crippen LogP) is 5.06. The SMILES string of the molecule is OCc1c(-c2cccc(Br)c2)noc1-c1cc(F)ccc1Cl. The van der Waals surface area contributed by atoms with Gasteiger partial charge in [0.15, 0.2) is 5.76 Å². The van der Waals surface area contributed by atoms with Crippen molar-refractivity contribution in [1.29, 1.82) is 0 Å². The van der Waals surface area contributed by atoms with Crippen LogP contribution in [0.15, 0.2) is 51.5 Å². The molecule has 6 heteroatoms. The van der Waals surface area contributed by atoms with Crippen LogP contribution in [-0.2, 0) is 6.61 Å². The highest BCUT2D eigenvalue weighted by molar-refractivity contribution is 9.10. The van der Waals surface area contributed by atoms with E-state index in [0.717, 1.165) is 10.0 Å². The van der Waals surface area contributed by atoms with Gasteiger partial charge in [0.05, 0.1) is 17.2 Å². The number of nitrogens with zero attached hydrogens (tertiary/aromatic N) is 1. The summed E-state index contributed by atoms with van der Waals surface area (Å²) in [4.78, 5) is 0. The minimum absolute atomic E-state index is 0.266. The van der Waals surface area contributed by atoms with Crippen molar-refractivity contribution in [1.82, 2.24) is 5.16 Å². The fourth-order valence-corrected chi connectivity index (χ4v) is 2.80. The minimum Gasteiger partial charge on any atom is -0.391 e. The van der Waals surface area contributed by atoms with Gasteiger partial charge < -0.3 is 9.63 Å². The minimum atomic E-state index is -0.441. The number of aliphatic hydroxyl groups is 1. The Morgan fingerprint density at radius 2 is 2.05 bits per heavy atom. The van der Waals surface area contributed by atoms with E-state index in [0.29, 0.717) is 21.8 Å². The second-order valence-electron chi connectivity index (χ2n) is 4.63. The Kier molecular flexibility index (Phi) is 4.29. The predicted molar refractivity (Wildman–Crippen MR) is 86.0 cm³/mol. The van der Waals surface area contributed by atoms with Gasteiger partial charge in [-0.3, -0.25) is 0 Å². The average Bonchev–Trinajstić information content (AvgIpc) is 2.93. The molecule has 0 unspecified atom stereocenters. The molecular formula is C16H10BrClFNO2. The highest BCUT2D eigenvalue weighted by Gasteiger charge is 2.20. The van der Waals surface area contributed by atoms with Crippen molar-refractivity contribution < 1.29 is 14.0 Å². The summed E-state index contributed by atoms with van der Waals surface area (Å²) in [6, 6.07) is 11.4. The van der Waals surface area contributed by atoms with Crippen LogP contribution in [0.2, 0.25) is 5.02 Å². The van der Waals surface area contributed by atoms with Crippen LogP contribution in [0.5, 0.6) is 0 Å².